The molecule has 0 aromatic heterocycles. The third kappa shape index (κ3) is 11.3. The van der Waals surface area contributed by atoms with Crippen molar-refractivity contribution in [1.82, 2.24) is 0 Å². The van der Waals surface area contributed by atoms with Crippen molar-refractivity contribution in [2.45, 2.75) is 41.5 Å². The van der Waals surface area contributed by atoms with Gasteiger partial charge in [-0.1, -0.05) is 0 Å². The number of Topliss-reactive ketones (excluding diaryl/α,β-unsaturated/α-hetero) is 2. The van der Waals surface area contributed by atoms with Crippen molar-refractivity contribution < 1.29 is 55.3 Å². The van der Waals surface area contributed by atoms with Crippen LogP contribution < -0.4 is 0 Å². The SMILES string of the molecule is CCOC(=[OH+])C(C(C)=O)C(C)=[OH+].CCOC(=[OH+])C(C(C)=O)C(C)=[OH+].[Cu]. The van der Waals surface area contributed by atoms with Crippen molar-refractivity contribution in [3.05, 3.63) is 0 Å². The second kappa shape index (κ2) is 14.5. The second-order valence-corrected chi connectivity index (χ2v) is 4.91. The van der Waals surface area contributed by atoms with Crippen LogP contribution in [-0.4, -0.2) is 67.5 Å². The summed E-state index contributed by atoms with van der Waals surface area (Å²) in [5.41, 5.74) is 0. The minimum atomic E-state index is -1.01. The van der Waals surface area contributed by atoms with E-state index in [1.54, 1.807) is 13.8 Å². The fourth-order valence-electron chi connectivity index (χ4n) is 1.76. The second-order valence-electron chi connectivity index (χ2n) is 4.91. The van der Waals surface area contributed by atoms with Crippen molar-refractivity contribution >= 4 is 35.1 Å². The molecule has 0 aliphatic carbocycles. The Kier molecular flexibility index (Phi) is 16.2. The van der Waals surface area contributed by atoms with E-state index < -0.39 is 23.8 Å². The Morgan fingerprint density at radius 3 is 1.08 bits per heavy atom. The van der Waals surface area contributed by atoms with Crippen LogP contribution in [0.15, 0.2) is 0 Å². The zero-order chi connectivity index (χ0) is 19.4. The van der Waals surface area contributed by atoms with Gasteiger partial charge in [0.1, 0.15) is 0 Å². The maximum absolute atomic E-state index is 10.9. The van der Waals surface area contributed by atoms with E-state index in [-0.39, 0.29) is 53.4 Å². The average molecular weight is 412 g/mol. The molecule has 0 spiro atoms. The summed E-state index contributed by atoms with van der Waals surface area (Å²) < 4.78 is 9.39. The van der Waals surface area contributed by atoms with Crippen molar-refractivity contribution in [2.24, 2.45) is 11.8 Å². The van der Waals surface area contributed by atoms with Gasteiger partial charge >= 0.3 is 23.5 Å². The van der Waals surface area contributed by atoms with Crippen LogP contribution in [0.2, 0.25) is 0 Å². The monoisotopic (exact) mass is 411 g/mol. The molecule has 25 heavy (non-hydrogen) atoms. The van der Waals surface area contributed by atoms with Crippen LogP contribution in [0.4, 0.5) is 0 Å². The van der Waals surface area contributed by atoms with Crippen LogP contribution in [0.3, 0.4) is 0 Å². The summed E-state index contributed by atoms with van der Waals surface area (Å²) in [6.07, 6.45) is 0. The molecule has 0 bridgehead atoms. The molecule has 0 aliphatic heterocycles. The first kappa shape index (κ1) is 28.0. The minimum Gasteiger partial charge on any atom is -0.338 e. The van der Waals surface area contributed by atoms with Gasteiger partial charge in [0, 0.05) is 30.9 Å². The Morgan fingerprint density at radius 2 is 0.960 bits per heavy atom. The number of esters is 2. The summed E-state index contributed by atoms with van der Waals surface area (Å²) in [5.74, 6) is -3.91. The van der Waals surface area contributed by atoms with Crippen LogP contribution in [0.5, 0.6) is 0 Å². The number of ketones is 4. The Hall–Kier alpha value is -1.86. The van der Waals surface area contributed by atoms with Crippen molar-refractivity contribution in [2.75, 3.05) is 13.2 Å². The van der Waals surface area contributed by atoms with Gasteiger partial charge in [-0.15, -0.1) is 0 Å². The quantitative estimate of drug-likeness (QED) is 0.249. The molecule has 2 unspecified atom stereocenters. The van der Waals surface area contributed by atoms with Gasteiger partial charge in [-0.05, 0) is 27.7 Å². The van der Waals surface area contributed by atoms with Crippen LogP contribution in [0, 0.1) is 11.8 Å². The number of hydrogen-bond acceptors (Lipinski definition) is 4. The predicted octanol–water partition coefficient (Wildman–Crippen LogP) is 0.588. The van der Waals surface area contributed by atoms with E-state index >= 15 is 0 Å². The molecule has 147 valence electrons. The molecule has 9 heteroatoms. The summed E-state index contributed by atoms with van der Waals surface area (Å²) >= 11 is 0. The molecule has 0 saturated heterocycles. The zero-order valence-electron chi connectivity index (χ0n) is 15.3. The van der Waals surface area contributed by atoms with Gasteiger partial charge in [0.2, 0.25) is 0 Å². The summed E-state index contributed by atoms with van der Waals surface area (Å²) in [6, 6.07) is 0. The first-order valence-electron chi connectivity index (χ1n) is 7.43. The molecule has 8 nitrogen and oxygen atoms in total. The molecule has 2 atom stereocenters. The number of hydrogen-bond donors (Lipinski definition) is 0. The molecule has 0 amide bonds. The van der Waals surface area contributed by atoms with Crippen molar-refractivity contribution in [3.8, 4) is 0 Å². The normalized spacial score (nSPS) is 11.4. The molecular formula is C16H28CuO8+4. The maximum Gasteiger partial charge on any atom is 0.507 e. The fraction of sp³-hybridized carbons (Fsp3) is 0.625. The van der Waals surface area contributed by atoms with Crippen molar-refractivity contribution in [3.63, 3.8) is 0 Å². The van der Waals surface area contributed by atoms with Gasteiger partial charge < -0.3 is 19.1 Å². The Balaban J connectivity index is -0.000000372. The molecule has 1 radical (unpaired) electrons. The topological polar surface area (TPSA) is 138 Å². The van der Waals surface area contributed by atoms with Crippen molar-refractivity contribution in [1.29, 1.82) is 0 Å². The summed E-state index contributed by atoms with van der Waals surface area (Å²) in [7, 11) is 0. The molecule has 0 fully saturated rings. The number of ether oxygens (including phenoxy) is 2. The first-order valence-corrected chi connectivity index (χ1v) is 7.43. The van der Waals surface area contributed by atoms with Crippen LogP contribution in [0.1, 0.15) is 41.5 Å². The standard InChI is InChI=1S/2C8H12O4.Cu/c2*1-4-12-8(11)7(5(2)9)6(3)10;/h2*7H,4H2,1-3H3;/p+4. The number of rotatable bonds is 8. The molecule has 0 heterocycles. The Bertz CT molecular complexity index is 438. The van der Waals surface area contributed by atoms with E-state index in [1.807, 2.05) is 0 Å². The van der Waals surface area contributed by atoms with Gasteiger partial charge in [-0.2, -0.15) is 0 Å². The maximum atomic E-state index is 10.9. The molecule has 0 aliphatic rings. The van der Waals surface area contributed by atoms with Gasteiger partial charge in [-0.25, -0.2) is 0 Å². The molecular weight excluding hydrogens is 384 g/mol. The Morgan fingerprint density at radius 1 is 0.720 bits per heavy atom. The number of carbonyl (C=O) groups is 2. The number of carbonyl (C=O) groups excluding carboxylic acids is 6. The zero-order valence-corrected chi connectivity index (χ0v) is 16.2. The van der Waals surface area contributed by atoms with Gasteiger partial charge in [-0.3, -0.25) is 19.2 Å². The Labute approximate surface area is 157 Å². The molecule has 0 rings (SSSR count). The van der Waals surface area contributed by atoms with Crippen LogP contribution in [0.25, 0.3) is 0 Å². The molecule has 0 aromatic carbocycles. The van der Waals surface area contributed by atoms with E-state index in [0.29, 0.717) is 0 Å². The van der Waals surface area contributed by atoms with Crippen LogP contribution in [-0.2, 0) is 36.1 Å². The first-order chi connectivity index (χ1) is 11.0. The summed E-state index contributed by atoms with van der Waals surface area (Å²) in [6.45, 7) is 9.15. The van der Waals surface area contributed by atoms with E-state index in [0.717, 1.165) is 0 Å². The van der Waals surface area contributed by atoms with E-state index in [1.165, 1.54) is 27.7 Å². The van der Waals surface area contributed by atoms with E-state index in [2.05, 4.69) is 0 Å². The average Bonchev–Trinajstić information content (AvgIpc) is 2.37. The molecule has 0 aromatic rings. The van der Waals surface area contributed by atoms with Gasteiger partial charge in [0.05, 0.1) is 0 Å². The summed E-state index contributed by atoms with van der Waals surface area (Å²) in [5, 5.41) is 0. The molecule has 4 N–H and O–H groups in total. The smallest absolute Gasteiger partial charge is 0.338 e. The largest absolute Gasteiger partial charge is 0.507 e. The van der Waals surface area contributed by atoms with Crippen LogP contribution >= 0.6 is 0 Å². The predicted molar refractivity (Wildman–Crippen MR) is 90.7 cm³/mol. The minimum absolute atomic E-state index is 0. The van der Waals surface area contributed by atoms with Gasteiger partial charge in [0.15, 0.2) is 24.8 Å². The van der Waals surface area contributed by atoms with Gasteiger partial charge in [0.25, 0.3) is 11.8 Å². The fourth-order valence-corrected chi connectivity index (χ4v) is 1.76. The van der Waals surface area contributed by atoms with E-state index in [4.69, 9.17) is 28.7 Å². The summed E-state index contributed by atoms with van der Waals surface area (Å²) in [4.78, 5) is 58.0. The molecule has 0 saturated carbocycles. The third-order valence-electron chi connectivity index (χ3n) is 2.73. The van der Waals surface area contributed by atoms with E-state index in [9.17, 15) is 9.59 Å². The third-order valence-corrected chi connectivity index (χ3v) is 2.73.